The number of benzene rings is 1. The lowest BCUT2D eigenvalue weighted by molar-refractivity contribution is -0.117. The van der Waals surface area contributed by atoms with Gasteiger partial charge in [0.15, 0.2) is 0 Å². The summed E-state index contributed by atoms with van der Waals surface area (Å²) in [5.41, 5.74) is 1.68. The third kappa shape index (κ3) is 4.68. The molecule has 0 saturated carbocycles. The normalized spacial score (nSPS) is 12.1. The Kier molecular flexibility index (Phi) is 4.84. The summed E-state index contributed by atoms with van der Waals surface area (Å²) in [5.74, 6) is -0.286. The molecule has 0 fully saturated rings. The number of aryl methyl sites for hydroxylation is 1. The van der Waals surface area contributed by atoms with Gasteiger partial charge < -0.3 is 5.32 Å². The topological polar surface area (TPSA) is 51.1 Å². The molecule has 0 atom stereocenters. The number of nitrogens with zero attached hydrogens (tertiary/aromatic N) is 1. The van der Waals surface area contributed by atoms with Crippen molar-refractivity contribution in [2.45, 2.75) is 33.2 Å². The first kappa shape index (κ1) is 16.7. The van der Waals surface area contributed by atoms with Gasteiger partial charge in [-0.25, -0.2) is 0 Å². The first-order chi connectivity index (χ1) is 10.8. The molecule has 1 heterocycles. The number of rotatable bonds is 3. The third-order valence-corrected chi connectivity index (χ3v) is 3.18. The molecule has 0 aliphatic carbocycles. The van der Waals surface area contributed by atoms with Crippen molar-refractivity contribution in [2.75, 3.05) is 0 Å². The zero-order valence-corrected chi connectivity index (χ0v) is 14.0. The lowest BCUT2D eigenvalue weighted by Crippen LogP contribution is -2.42. The SMILES string of the molecule is Cc1ccc(/C=C(\C(=O)NC(C)(C)C)n2ccccc2=O)cc1. The Bertz CT molecular complexity index is 778. The third-order valence-electron chi connectivity index (χ3n) is 3.18. The first-order valence-electron chi connectivity index (χ1n) is 7.55. The Balaban J connectivity index is 2.51. The maximum Gasteiger partial charge on any atom is 0.268 e. The summed E-state index contributed by atoms with van der Waals surface area (Å²) in [7, 11) is 0. The number of hydrogen-bond donors (Lipinski definition) is 1. The van der Waals surface area contributed by atoms with E-state index in [1.165, 1.54) is 10.6 Å². The van der Waals surface area contributed by atoms with Gasteiger partial charge in [-0.3, -0.25) is 14.2 Å². The number of nitrogens with one attached hydrogen (secondary N) is 1. The van der Waals surface area contributed by atoms with Crippen molar-refractivity contribution in [3.8, 4) is 0 Å². The van der Waals surface area contributed by atoms with E-state index in [1.807, 2.05) is 52.0 Å². The number of carbonyl (C=O) groups excluding carboxylic acids is 1. The van der Waals surface area contributed by atoms with E-state index in [4.69, 9.17) is 0 Å². The Morgan fingerprint density at radius 1 is 1.09 bits per heavy atom. The second-order valence-corrected chi connectivity index (χ2v) is 6.55. The molecular weight excluding hydrogens is 288 g/mol. The van der Waals surface area contributed by atoms with E-state index >= 15 is 0 Å². The summed E-state index contributed by atoms with van der Waals surface area (Å²) in [6.45, 7) is 7.72. The van der Waals surface area contributed by atoms with Crippen LogP contribution in [0.4, 0.5) is 0 Å². The van der Waals surface area contributed by atoms with Gasteiger partial charge >= 0.3 is 0 Å². The molecule has 1 N–H and O–H groups in total. The van der Waals surface area contributed by atoms with E-state index in [0.29, 0.717) is 5.70 Å². The molecule has 0 saturated heterocycles. The summed E-state index contributed by atoms with van der Waals surface area (Å²) >= 11 is 0. The zero-order chi connectivity index (χ0) is 17.0. The molecule has 2 aromatic rings. The first-order valence-corrected chi connectivity index (χ1v) is 7.55. The molecule has 4 nitrogen and oxygen atoms in total. The highest BCUT2D eigenvalue weighted by Gasteiger charge is 2.19. The van der Waals surface area contributed by atoms with E-state index in [1.54, 1.807) is 24.4 Å². The number of carbonyl (C=O) groups is 1. The van der Waals surface area contributed by atoms with Crippen LogP contribution in [0.2, 0.25) is 0 Å². The molecule has 0 bridgehead atoms. The number of amides is 1. The van der Waals surface area contributed by atoms with Gasteiger partial charge in [-0.15, -0.1) is 0 Å². The highest BCUT2D eigenvalue weighted by Crippen LogP contribution is 2.13. The predicted octanol–water partition coefficient (Wildman–Crippen LogP) is 3.07. The van der Waals surface area contributed by atoms with Crippen molar-refractivity contribution >= 4 is 17.7 Å². The standard InChI is InChI=1S/C19H22N2O2/c1-14-8-10-15(11-9-14)13-16(18(23)20-19(2,3)4)21-12-6-5-7-17(21)22/h5-13H,1-4H3,(H,20,23)/b16-13+. The zero-order valence-electron chi connectivity index (χ0n) is 14.0. The average Bonchev–Trinajstić information content (AvgIpc) is 2.46. The van der Waals surface area contributed by atoms with Crippen LogP contribution in [0, 0.1) is 6.92 Å². The minimum atomic E-state index is -0.387. The number of hydrogen-bond acceptors (Lipinski definition) is 2. The number of pyridine rings is 1. The van der Waals surface area contributed by atoms with Crippen molar-refractivity contribution in [3.63, 3.8) is 0 Å². The van der Waals surface area contributed by atoms with Crippen molar-refractivity contribution in [1.29, 1.82) is 0 Å². The lowest BCUT2D eigenvalue weighted by Gasteiger charge is -2.22. The second kappa shape index (κ2) is 6.65. The van der Waals surface area contributed by atoms with Crippen LogP contribution in [-0.2, 0) is 4.79 Å². The van der Waals surface area contributed by atoms with Gasteiger partial charge in [0.25, 0.3) is 11.5 Å². The van der Waals surface area contributed by atoms with Gasteiger partial charge in [-0.05, 0) is 45.4 Å². The van der Waals surface area contributed by atoms with Crippen LogP contribution < -0.4 is 10.9 Å². The van der Waals surface area contributed by atoms with Crippen molar-refractivity contribution in [3.05, 3.63) is 70.1 Å². The molecule has 120 valence electrons. The minimum Gasteiger partial charge on any atom is -0.346 e. The Morgan fingerprint density at radius 2 is 1.74 bits per heavy atom. The maximum absolute atomic E-state index is 12.6. The molecule has 23 heavy (non-hydrogen) atoms. The second-order valence-electron chi connectivity index (χ2n) is 6.55. The number of aromatic nitrogens is 1. The van der Waals surface area contributed by atoms with Crippen molar-refractivity contribution in [1.82, 2.24) is 9.88 Å². The molecule has 4 heteroatoms. The predicted molar refractivity (Wildman–Crippen MR) is 93.9 cm³/mol. The van der Waals surface area contributed by atoms with E-state index in [2.05, 4.69) is 5.32 Å². The summed E-state index contributed by atoms with van der Waals surface area (Å²) < 4.78 is 1.36. The molecule has 1 aromatic heterocycles. The van der Waals surface area contributed by atoms with E-state index in [9.17, 15) is 9.59 Å². The van der Waals surface area contributed by atoms with Crippen LogP contribution in [0.5, 0.6) is 0 Å². The molecule has 1 aromatic carbocycles. The molecule has 0 aliphatic heterocycles. The molecule has 0 aliphatic rings. The molecule has 2 rings (SSSR count). The van der Waals surface area contributed by atoms with Crippen LogP contribution in [-0.4, -0.2) is 16.0 Å². The van der Waals surface area contributed by atoms with Gasteiger partial charge in [0.05, 0.1) is 0 Å². The van der Waals surface area contributed by atoms with Gasteiger partial charge in [-0.2, -0.15) is 0 Å². The summed E-state index contributed by atoms with van der Waals surface area (Å²) in [6.07, 6.45) is 3.33. The Morgan fingerprint density at radius 3 is 2.30 bits per heavy atom. The average molecular weight is 310 g/mol. The summed E-state index contributed by atoms with van der Waals surface area (Å²) in [5, 5.41) is 2.91. The summed E-state index contributed by atoms with van der Waals surface area (Å²) in [4.78, 5) is 24.8. The van der Waals surface area contributed by atoms with Crippen LogP contribution in [0.25, 0.3) is 11.8 Å². The van der Waals surface area contributed by atoms with Crippen LogP contribution in [0.3, 0.4) is 0 Å². The summed E-state index contributed by atoms with van der Waals surface area (Å²) in [6, 6.07) is 12.6. The minimum absolute atomic E-state index is 0.241. The van der Waals surface area contributed by atoms with Crippen LogP contribution in [0.1, 0.15) is 31.9 Å². The molecule has 0 unspecified atom stereocenters. The highest BCUT2D eigenvalue weighted by atomic mass is 16.2. The van der Waals surface area contributed by atoms with Crippen LogP contribution >= 0.6 is 0 Å². The Hall–Kier alpha value is -2.62. The smallest absolute Gasteiger partial charge is 0.268 e. The van der Waals surface area contributed by atoms with Gasteiger partial charge in [0.1, 0.15) is 5.70 Å². The fourth-order valence-corrected chi connectivity index (χ4v) is 2.10. The van der Waals surface area contributed by atoms with Gasteiger partial charge in [-0.1, -0.05) is 35.9 Å². The maximum atomic E-state index is 12.6. The van der Waals surface area contributed by atoms with E-state index in [0.717, 1.165) is 11.1 Å². The van der Waals surface area contributed by atoms with Gasteiger partial charge in [0, 0.05) is 17.8 Å². The van der Waals surface area contributed by atoms with Gasteiger partial charge in [0.2, 0.25) is 0 Å². The molecular formula is C19H22N2O2. The van der Waals surface area contributed by atoms with Crippen LogP contribution in [0.15, 0.2) is 53.5 Å². The van der Waals surface area contributed by atoms with Crippen molar-refractivity contribution < 1.29 is 4.79 Å². The molecule has 1 amide bonds. The molecule has 0 radical (unpaired) electrons. The van der Waals surface area contributed by atoms with E-state index in [-0.39, 0.29) is 17.0 Å². The quantitative estimate of drug-likeness (QED) is 0.886. The molecule has 0 spiro atoms. The van der Waals surface area contributed by atoms with Crippen molar-refractivity contribution in [2.24, 2.45) is 0 Å². The lowest BCUT2D eigenvalue weighted by atomic mass is 10.1. The fraction of sp³-hybridized carbons (Fsp3) is 0.263. The monoisotopic (exact) mass is 310 g/mol. The van der Waals surface area contributed by atoms with E-state index < -0.39 is 0 Å². The largest absolute Gasteiger partial charge is 0.346 e. The fourth-order valence-electron chi connectivity index (χ4n) is 2.10. The highest BCUT2D eigenvalue weighted by molar-refractivity contribution is 6.18. The Labute approximate surface area is 136 Å².